The Morgan fingerprint density at radius 2 is 1.84 bits per heavy atom. The fourth-order valence-electron chi connectivity index (χ4n) is 4.21. The lowest BCUT2D eigenvalue weighted by atomic mass is 9.93. The molecule has 0 saturated heterocycles. The Kier molecular flexibility index (Phi) is 4.67. The van der Waals surface area contributed by atoms with Crippen LogP contribution in [0.4, 0.5) is 5.82 Å². The lowest BCUT2D eigenvalue weighted by Crippen LogP contribution is -2.28. The van der Waals surface area contributed by atoms with E-state index in [1.807, 2.05) is 56.3 Å². The first-order valence-corrected chi connectivity index (χ1v) is 10.4. The summed E-state index contributed by atoms with van der Waals surface area (Å²) in [6, 6.07) is 13.5. The maximum absolute atomic E-state index is 13.3. The number of nitrogens with zero attached hydrogens (tertiary/aromatic N) is 1. The van der Waals surface area contributed by atoms with E-state index >= 15 is 0 Å². The molecule has 6 nitrogen and oxygen atoms in total. The first-order chi connectivity index (χ1) is 15.0. The number of carbonyl (C=O) groups excluding carboxylic acids is 1. The SMILES string of the molecule is Cc1c(-c2ccccc2CO)cnc(NC(=O)C2(c3ccc4c(c3)OCO4)CC2)c1C. The molecule has 1 aliphatic carbocycles. The summed E-state index contributed by atoms with van der Waals surface area (Å²) in [7, 11) is 0. The normalized spacial score (nSPS) is 15.6. The molecule has 1 fully saturated rings. The molecule has 2 N–H and O–H groups in total. The van der Waals surface area contributed by atoms with Crippen molar-refractivity contribution in [2.75, 3.05) is 12.1 Å². The molecular formula is C25H24N2O4. The lowest BCUT2D eigenvalue weighted by Gasteiger charge is -2.19. The number of aliphatic hydroxyl groups is 1. The fraction of sp³-hybridized carbons (Fsp3) is 0.280. The number of hydrogen-bond donors (Lipinski definition) is 2. The number of rotatable bonds is 5. The highest BCUT2D eigenvalue weighted by atomic mass is 16.7. The van der Waals surface area contributed by atoms with E-state index in [4.69, 9.17) is 9.47 Å². The number of aliphatic hydroxyl groups excluding tert-OH is 1. The average molecular weight is 416 g/mol. The third-order valence-electron chi connectivity index (χ3n) is 6.46. The third-order valence-corrected chi connectivity index (χ3v) is 6.46. The summed E-state index contributed by atoms with van der Waals surface area (Å²) in [6.07, 6.45) is 3.35. The van der Waals surface area contributed by atoms with Gasteiger partial charge in [0, 0.05) is 11.8 Å². The summed E-state index contributed by atoms with van der Waals surface area (Å²) in [5.41, 5.74) is 5.09. The molecule has 1 aliphatic heterocycles. The second-order valence-corrected chi connectivity index (χ2v) is 8.19. The number of carbonyl (C=O) groups is 1. The van der Waals surface area contributed by atoms with Crippen LogP contribution in [0.1, 0.15) is 35.1 Å². The van der Waals surface area contributed by atoms with Crippen molar-refractivity contribution < 1.29 is 19.4 Å². The van der Waals surface area contributed by atoms with Crippen LogP contribution in [0, 0.1) is 13.8 Å². The molecule has 0 bridgehead atoms. The van der Waals surface area contributed by atoms with Gasteiger partial charge >= 0.3 is 0 Å². The molecular weight excluding hydrogens is 392 g/mol. The van der Waals surface area contributed by atoms with E-state index in [0.29, 0.717) is 17.3 Å². The van der Waals surface area contributed by atoms with Gasteiger partial charge in [-0.2, -0.15) is 0 Å². The molecule has 2 aliphatic rings. The summed E-state index contributed by atoms with van der Waals surface area (Å²) >= 11 is 0. The van der Waals surface area contributed by atoms with E-state index < -0.39 is 5.41 Å². The van der Waals surface area contributed by atoms with Gasteiger partial charge in [0.25, 0.3) is 0 Å². The summed E-state index contributed by atoms with van der Waals surface area (Å²) < 4.78 is 10.9. The number of ether oxygens (including phenoxy) is 2. The van der Waals surface area contributed by atoms with Gasteiger partial charge in [-0.15, -0.1) is 0 Å². The molecule has 2 aromatic carbocycles. The summed E-state index contributed by atoms with van der Waals surface area (Å²) in [5.74, 6) is 1.92. The fourth-order valence-corrected chi connectivity index (χ4v) is 4.21. The van der Waals surface area contributed by atoms with Gasteiger partial charge in [-0.3, -0.25) is 4.79 Å². The third kappa shape index (κ3) is 3.24. The highest BCUT2D eigenvalue weighted by Crippen LogP contribution is 2.51. The summed E-state index contributed by atoms with van der Waals surface area (Å²) in [6.45, 7) is 4.15. The molecule has 0 unspecified atom stereocenters. The van der Waals surface area contributed by atoms with Crippen molar-refractivity contribution in [3.8, 4) is 22.6 Å². The average Bonchev–Trinajstić information content (AvgIpc) is 3.48. The zero-order valence-corrected chi connectivity index (χ0v) is 17.6. The van der Waals surface area contributed by atoms with Crippen LogP contribution in [0.5, 0.6) is 11.5 Å². The number of anilines is 1. The van der Waals surface area contributed by atoms with E-state index in [1.54, 1.807) is 6.20 Å². The smallest absolute Gasteiger partial charge is 0.236 e. The first-order valence-electron chi connectivity index (χ1n) is 10.4. The Hall–Kier alpha value is -3.38. The minimum absolute atomic E-state index is 0.0365. The van der Waals surface area contributed by atoms with E-state index in [1.165, 1.54) is 0 Å². The molecule has 31 heavy (non-hydrogen) atoms. The maximum atomic E-state index is 13.3. The predicted molar refractivity (Wildman–Crippen MR) is 117 cm³/mol. The summed E-state index contributed by atoms with van der Waals surface area (Å²) in [5, 5.41) is 12.7. The molecule has 1 saturated carbocycles. The molecule has 6 heteroatoms. The van der Waals surface area contributed by atoms with Crippen LogP contribution in [0.15, 0.2) is 48.7 Å². The second kappa shape index (κ2) is 7.39. The van der Waals surface area contributed by atoms with E-state index in [9.17, 15) is 9.90 Å². The number of fused-ring (bicyclic) bond motifs is 1. The molecule has 1 aromatic heterocycles. The molecule has 2 heterocycles. The highest BCUT2D eigenvalue weighted by molar-refractivity contribution is 6.01. The zero-order valence-electron chi connectivity index (χ0n) is 17.6. The monoisotopic (exact) mass is 416 g/mol. The minimum atomic E-state index is -0.550. The van der Waals surface area contributed by atoms with Crippen molar-refractivity contribution >= 4 is 11.7 Å². The Labute approximate surface area is 180 Å². The number of aromatic nitrogens is 1. The zero-order chi connectivity index (χ0) is 21.6. The van der Waals surface area contributed by atoms with Crippen LogP contribution in [-0.4, -0.2) is 22.8 Å². The van der Waals surface area contributed by atoms with Crippen LogP contribution in [0.2, 0.25) is 0 Å². The topological polar surface area (TPSA) is 80.7 Å². The van der Waals surface area contributed by atoms with Crippen LogP contribution < -0.4 is 14.8 Å². The Bertz CT molecular complexity index is 1180. The van der Waals surface area contributed by atoms with Crippen LogP contribution in [0.25, 0.3) is 11.1 Å². The largest absolute Gasteiger partial charge is 0.454 e. The maximum Gasteiger partial charge on any atom is 0.236 e. The van der Waals surface area contributed by atoms with Crippen molar-refractivity contribution in [2.24, 2.45) is 0 Å². The van der Waals surface area contributed by atoms with Gasteiger partial charge in [0.2, 0.25) is 12.7 Å². The van der Waals surface area contributed by atoms with Crippen LogP contribution >= 0.6 is 0 Å². The Morgan fingerprint density at radius 3 is 2.61 bits per heavy atom. The van der Waals surface area contributed by atoms with Gasteiger partial charge in [-0.25, -0.2) is 4.98 Å². The van der Waals surface area contributed by atoms with Gasteiger partial charge in [0.1, 0.15) is 5.82 Å². The second-order valence-electron chi connectivity index (χ2n) is 8.19. The molecule has 158 valence electrons. The Balaban J connectivity index is 1.43. The first kappa shape index (κ1) is 19.6. The van der Waals surface area contributed by atoms with Gasteiger partial charge in [0.15, 0.2) is 11.5 Å². The van der Waals surface area contributed by atoms with Gasteiger partial charge in [0.05, 0.1) is 12.0 Å². The molecule has 3 aromatic rings. The highest BCUT2D eigenvalue weighted by Gasteiger charge is 2.52. The Morgan fingerprint density at radius 1 is 1.06 bits per heavy atom. The molecule has 1 amide bonds. The standard InChI is InChI=1S/C25H24N2O4/c1-15-16(2)23(26-12-20(15)19-6-4-3-5-17(19)13-28)27-24(29)25(9-10-25)18-7-8-21-22(11-18)31-14-30-21/h3-8,11-12,28H,9-10,13-14H2,1-2H3,(H,26,27,29). The van der Waals surface area contributed by atoms with E-state index in [-0.39, 0.29) is 19.3 Å². The summed E-state index contributed by atoms with van der Waals surface area (Å²) in [4.78, 5) is 17.8. The van der Waals surface area contributed by atoms with Crippen LogP contribution in [0.3, 0.4) is 0 Å². The number of amides is 1. The number of benzene rings is 2. The van der Waals surface area contributed by atoms with E-state index in [0.717, 1.165) is 46.2 Å². The van der Waals surface area contributed by atoms with Crippen molar-refractivity contribution in [3.63, 3.8) is 0 Å². The predicted octanol–water partition coefficient (Wildman–Crippen LogP) is 4.26. The lowest BCUT2D eigenvalue weighted by molar-refractivity contribution is -0.118. The van der Waals surface area contributed by atoms with Crippen LogP contribution in [-0.2, 0) is 16.8 Å². The number of hydrogen-bond acceptors (Lipinski definition) is 5. The van der Waals surface area contributed by atoms with Crippen molar-refractivity contribution in [1.29, 1.82) is 0 Å². The number of pyridine rings is 1. The van der Waals surface area contributed by atoms with Gasteiger partial charge in [-0.1, -0.05) is 30.3 Å². The van der Waals surface area contributed by atoms with Crippen molar-refractivity contribution in [3.05, 3.63) is 70.9 Å². The molecule has 5 rings (SSSR count). The van der Waals surface area contributed by atoms with Crippen molar-refractivity contribution in [1.82, 2.24) is 4.98 Å². The van der Waals surface area contributed by atoms with Crippen molar-refractivity contribution in [2.45, 2.75) is 38.7 Å². The molecule has 0 spiro atoms. The van der Waals surface area contributed by atoms with E-state index in [2.05, 4.69) is 10.3 Å². The van der Waals surface area contributed by atoms with Gasteiger partial charge in [-0.05, 0) is 66.6 Å². The minimum Gasteiger partial charge on any atom is -0.454 e. The number of nitrogens with one attached hydrogen (secondary N) is 1. The van der Waals surface area contributed by atoms with Gasteiger partial charge < -0.3 is 19.9 Å². The quantitative estimate of drug-likeness (QED) is 0.650. The molecule has 0 radical (unpaired) electrons. The molecule has 0 atom stereocenters.